The molecule has 2 amide bonds. The molecule has 0 unspecified atom stereocenters. The van der Waals surface area contributed by atoms with Gasteiger partial charge in [-0.2, -0.15) is 0 Å². The lowest BCUT2D eigenvalue weighted by Gasteiger charge is -2.33. The first-order valence-corrected chi connectivity index (χ1v) is 13.3. The highest BCUT2D eigenvalue weighted by molar-refractivity contribution is 6.36. The highest BCUT2D eigenvalue weighted by Gasteiger charge is 2.33. The molecule has 1 fully saturated rings. The molecule has 7 heteroatoms. The van der Waals surface area contributed by atoms with E-state index in [0.717, 1.165) is 36.8 Å². The summed E-state index contributed by atoms with van der Waals surface area (Å²) in [6, 6.07) is 21.6. The zero-order valence-corrected chi connectivity index (χ0v) is 22.2. The number of amides is 2. The van der Waals surface area contributed by atoms with Gasteiger partial charge in [0.15, 0.2) is 0 Å². The minimum absolute atomic E-state index is 0.102. The van der Waals surface area contributed by atoms with Crippen molar-refractivity contribution < 1.29 is 9.59 Å². The topological polar surface area (TPSA) is 49.4 Å². The maximum absolute atomic E-state index is 13.8. The van der Waals surface area contributed by atoms with Crippen LogP contribution in [0.3, 0.4) is 0 Å². The molecule has 0 bridgehead atoms. The Bertz CT molecular complexity index is 1180. The van der Waals surface area contributed by atoms with Crippen molar-refractivity contribution in [1.29, 1.82) is 0 Å². The number of hydrogen-bond acceptors (Lipinski definition) is 2. The summed E-state index contributed by atoms with van der Waals surface area (Å²) in [5, 5.41) is 4.67. The van der Waals surface area contributed by atoms with Crippen molar-refractivity contribution in [1.82, 2.24) is 10.2 Å². The van der Waals surface area contributed by atoms with Crippen LogP contribution in [0.25, 0.3) is 0 Å². The summed E-state index contributed by atoms with van der Waals surface area (Å²) in [6.45, 7) is 0.119. The summed E-state index contributed by atoms with van der Waals surface area (Å²) in [6.07, 6.45) is 4.59. The third kappa shape index (κ3) is 7.03. The lowest BCUT2D eigenvalue weighted by Crippen LogP contribution is -2.52. The number of carbonyl (C=O) groups excluding carboxylic acids is 2. The van der Waals surface area contributed by atoms with E-state index in [-0.39, 0.29) is 30.8 Å². The van der Waals surface area contributed by atoms with E-state index in [1.165, 1.54) is 0 Å². The van der Waals surface area contributed by atoms with E-state index in [4.69, 9.17) is 34.8 Å². The SMILES string of the molecule is O=C(NC1CCCC1)[C@H](Cc1ccccc1)N(Cc1c(Cl)cccc1Cl)C(=O)Cc1cccc(Cl)c1. The van der Waals surface area contributed by atoms with Crippen LogP contribution in [-0.2, 0) is 29.0 Å². The van der Waals surface area contributed by atoms with Crippen molar-refractivity contribution in [2.75, 3.05) is 0 Å². The number of hydrogen-bond donors (Lipinski definition) is 1. The number of nitrogens with zero attached hydrogens (tertiary/aromatic N) is 1. The van der Waals surface area contributed by atoms with Crippen molar-refractivity contribution in [2.24, 2.45) is 0 Å². The second-order valence-electron chi connectivity index (χ2n) is 9.22. The fraction of sp³-hybridized carbons (Fsp3) is 0.310. The molecular formula is C29H29Cl3N2O2. The van der Waals surface area contributed by atoms with E-state index in [1.54, 1.807) is 35.2 Å². The molecule has 4 rings (SSSR count). The Kier molecular flexibility index (Phi) is 9.30. The second-order valence-corrected chi connectivity index (χ2v) is 10.5. The van der Waals surface area contributed by atoms with E-state index in [0.29, 0.717) is 27.1 Å². The van der Waals surface area contributed by atoms with Crippen molar-refractivity contribution in [3.05, 3.63) is 105 Å². The summed E-state index contributed by atoms with van der Waals surface area (Å²) in [5.74, 6) is -0.357. The van der Waals surface area contributed by atoms with Gasteiger partial charge in [-0.05, 0) is 48.2 Å². The standard InChI is InChI=1S/C29H29Cl3N2O2/c30-22-11-6-10-21(16-22)18-28(35)34(19-24-25(31)14-7-15-26(24)32)27(17-20-8-2-1-3-9-20)29(36)33-23-12-4-5-13-23/h1-3,6-11,14-16,23,27H,4-5,12-13,17-19H2,(H,33,36)/t27-/m0/s1. The quantitative estimate of drug-likeness (QED) is 0.319. The maximum Gasteiger partial charge on any atom is 0.243 e. The molecule has 188 valence electrons. The molecule has 0 saturated heterocycles. The van der Waals surface area contributed by atoms with Gasteiger partial charge in [0.05, 0.1) is 6.42 Å². The number of halogens is 3. The average Bonchev–Trinajstić information content (AvgIpc) is 3.36. The Morgan fingerprint density at radius 2 is 1.50 bits per heavy atom. The van der Waals surface area contributed by atoms with Gasteiger partial charge in [0.25, 0.3) is 0 Å². The van der Waals surface area contributed by atoms with E-state index in [9.17, 15) is 9.59 Å². The monoisotopic (exact) mass is 542 g/mol. The highest BCUT2D eigenvalue weighted by atomic mass is 35.5. The first-order valence-electron chi connectivity index (χ1n) is 12.2. The molecule has 4 nitrogen and oxygen atoms in total. The Labute approximate surface area is 227 Å². The van der Waals surface area contributed by atoms with Gasteiger partial charge in [-0.3, -0.25) is 9.59 Å². The molecular weight excluding hydrogens is 515 g/mol. The first kappa shape index (κ1) is 26.5. The molecule has 3 aromatic carbocycles. The number of carbonyl (C=O) groups is 2. The largest absolute Gasteiger partial charge is 0.352 e. The van der Waals surface area contributed by atoms with Gasteiger partial charge in [-0.1, -0.05) is 96.2 Å². The predicted octanol–water partition coefficient (Wildman–Crippen LogP) is 6.89. The predicted molar refractivity (Wildman–Crippen MR) is 147 cm³/mol. The van der Waals surface area contributed by atoms with Crippen LogP contribution in [-0.4, -0.2) is 28.8 Å². The van der Waals surface area contributed by atoms with Crippen LogP contribution in [0.5, 0.6) is 0 Å². The van der Waals surface area contributed by atoms with Gasteiger partial charge < -0.3 is 10.2 Å². The van der Waals surface area contributed by atoms with Crippen molar-refractivity contribution in [3.8, 4) is 0 Å². The number of benzene rings is 3. The molecule has 1 aliphatic rings. The smallest absolute Gasteiger partial charge is 0.243 e. The Morgan fingerprint density at radius 1 is 0.861 bits per heavy atom. The average molecular weight is 544 g/mol. The third-order valence-electron chi connectivity index (χ3n) is 6.61. The van der Waals surface area contributed by atoms with Gasteiger partial charge in [-0.15, -0.1) is 0 Å². The summed E-state index contributed by atoms with van der Waals surface area (Å²) in [5.41, 5.74) is 2.36. The van der Waals surface area contributed by atoms with Crippen LogP contribution < -0.4 is 5.32 Å². The van der Waals surface area contributed by atoms with E-state index >= 15 is 0 Å². The minimum Gasteiger partial charge on any atom is -0.352 e. The summed E-state index contributed by atoms with van der Waals surface area (Å²) < 4.78 is 0. The summed E-state index contributed by atoms with van der Waals surface area (Å²) >= 11 is 19.2. The Hall–Kier alpha value is -2.53. The summed E-state index contributed by atoms with van der Waals surface area (Å²) in [7, 11) is 0. The zero-order chi connectivity index (χ0) is 25.5. The van der Waals surface area contributed by atoms with E-state index < -0.39 is 6.04 Å². The molecule has 0 radical (unpaired) electrons. The van der Waals surface area contributed by atoms with Crippen LogP contribution in [0.15, 0.2) is 72.8 Å². The third-order valence-corrected chi connectivity index (χ3v) is 7.55. The zero-order valence-electron chi connectivity index (χ0n) is 19.9. The molecule has 3 aromatic rings. The van der Waals surface area contributed by atoms with Crippen LogP contribution in [0.4, 0.5) is 0 Å². The molecule has 0 aliphatic heterocycles. The lowest BCUT2D eigenvalue weighted by molar-refractivity contribution is -0.141. The molecule has 1 saturated carbocycles. The number of nitrogens with one attached hydrogen (secondary N) is 1. The number of rotatable bonds is 9. The maximum atomic E-state index is 13.8. The van der Waals surface area contributed by atoms with E-state index in [1.807, 2.05) is 42.5 Å². The molecule has 0 aromatic heterocycles. The molecule has 36 heavy (non-hydrogen) atoms. The molecule has 1 aliphatic carbocycles. The molecule has 0 heterocycles. The lowest BCUT2D eigenvalue weighted by atomic mass is 10.0. The van der Waals surface area contributed by atoms with Gasteiger partial charge in [0.2, 0.25) is 11.8 Å². The van der Waals surface area contributed by atoms with Gasteiger partial charge in [0.1, 0.15) is 6.04 Å². The van der Waals surface area contributed by atoms with Crippen LogP contribution in [0, 0.1) is 0 Å². The first-order chi connectivity index (χ1) is 17.4. The van der Waals surface area contributed by atoms with Crippen LogP contribution >= 0.6 is 34.8 Å². The fourth-order valence-corrected chi connectivity index (χ4v) is 5.43. The van der Waals surface area contributed by atoms with Crippen molar-refractivity contribution in [2.45, 2.75) is 57.2 Å². The molecule has 1 atom stereocenters. The van der Waals surface area contributed by atoms with Crippen LogP contribution in [0.2, 0.25) is 15.1 Å². The van der Waals surface area contributed by atoms with Gasteiger partial charge >= 0.3 is 0 Å². The molecule has 0 spiro atoms. The van der Waals surface area contributed by atoms with Gasteiger partial charge in [0, 0.05) is 39.6 Å². The van der Waals surface area contributed by atoms with Crippen molar-refractivity contribution >= 4 is 46.6 Å². The Morgan fingerprint density at radius 3 is 2.17 bits per heavy atom. The van der Waals surface area contributed by atoms with Gasteiger partial charge in [-0.25, -0.2) is 0 Å². The second kappa shape index (κ2) is 12.6. The molecule has 1 N–H and O–H groups in total. The van der Waals surface area contributed by atoms with E-state index in [2.05, 4.69) is 5.32 Å². The van der Waals surface area contributed by atoms with Crippen molar-refractivity contribution in [3.63, 3.8) is 0 Å². The Balaban J connectivity index is 1.70. The normalized spacial score (nSPS) is 14.4. The van der Waals surface area contributed by atoms with Crippen LogP contribution in [0.1, 0.15) is 42.4 Å². The highest BCUT2D eigenvalue weighted by Crippen LogP contribution is 2.28. The minimum atomic E-state index is -0.730. The summed E-state index contributed by atoms with van der Waals surface area (Å²) in [4.78, 5) is 29.2. The fourth-order valence-electron chi connectivity index (χ4n) is 4.70.